The summed E-state index contributed by atoms with van der Waals surface area (Å²) in [5, 5.41) is 0. The quantitative estimate of drug-likeness (QED) is 0.228. The summed E-state index contributed by atoms with van der Waals surface area (Å²) in [6.45, 7) is 50.0. The number of hydrogen-bond acceptors (Lipinski definition) is 0. The van der Waals surface area contributed by atoms with Crippen molar-refractivity contribution in [2.45, 2.75) is 293 Å². The first-order chi connectivity index (χ1) is 24.8. The summed E-state index contributed by atoms with van der Waals surface area (Å²) in [7, 11) is 0. The Morgan fingerprint density at radius 2 is 0.683 bits per heavy atom. The average Bonchev–Trinajstić information content (AvgIpc) is 3.73. The van der Waals surface area contributed by atoms with E-state index in [1.165, 1.54) is 41.2 Å². The van der Waals surface area contributed by atoms with Crippen LogP contribution in [0.4, 0.5) is 26.3 Å². The lowest BCUT2D eigenvalue weighted by molar-refractivity contribution is -0.327. The van der Waals surface area contributed by atoms with Gasteiger partial charge in [0, 0.05) is 0 Å². The van der Waals surface area contributed by atoms with E-state index in [1.54, 1.807) is 38.5 Å². The topological polar surface area (TPSA) is 0 Å². The van der Waals surface area contributed by atoms with Crippen molar-refractivity contribution < 1.29 is 26.3 Å². The minimum Gasteiger partial charge on any atom is -0.170 e. The van der Waals surface area contributed by atoms with Gasteiger partial charge in [-0.2, -0.15) is 26.3 Å². The van der Waals surface area contributed by atoms with Gasteiger partial charge < -0.3 is 0 Å². The van der Waals surface area contributed by atoms with Gasteiger partial charge in [-0.15, -0.1) is 0 Å². The molecule has 1 aromatic rings. The third-order valence-corrected chi connectivity index (χ3v) is 8.36. The van der Waals surface area contributed by atoms with E-state index < -0.39 is 17.8 Å². The van der Waals surface area contributed by atoms with E-state index in [4.69, 9.17) is 0 Å². The molecule has 0 aliphatic heterocycles. The monoisotopic (exact) mass is 925 g/mol. The smallest absolute Gasteiger partial charge is 0.170 e. The number of alkyl halides is 6. The fourth-order valence-electron chi connectivity index (χ4n) is 5.63. The Morgan fingerprint density at radius 1 is 0.476 bits per heavy atom. The minimum absolute atomic E-state index is 0. The van der Waals surface area contributed by atoms with Crippen LogP contribution < -0.4 is 0 Å². The van der Waals surface area contributed by atoms with Crippen molar-refractivity contribution in [1.29, 1.82) is 0 Å². The van der Waals surface area contributed by atoms with E-state index in [0.29, 0.717) is 10.8 Å². The van der Waals surface area contributed by atoms with Crippen LogP contribution in [0.25, 0.3) is 0 Å². The van der Waals surface area contributed by atoms with Crippen molar-refractivity contribution in [3.63, 3.8) is 0 Å². The van der Waals surface area contributed by atoms with E-state index >= 15 is 0 Å². The van der Waals surface area contributed by atoms with E-state index in [-0.39, 0.29) is 76.7 Å². The summed E-state index contributed by atoms with van der Waals surface area (Å²) >= 11 is 0. The van der Waals surface area contributed by atoms with Gasteiger partial charge in [0.15, 0.2) is 5.41 Å². The minimum atomic E-state index is -5.24. The Labute approximate surface area is 399 Å². The molecule has 0 spiro atoms. The second-order valence-corrected chi connectivity index (χ2v) is 21.7. The van der Waals surface area contributed by atoms with Gasteiger partial charge in [-0.25, -0.2) is 0 Å². The van der Waals surface area contributed by atoms with E-state index in [1.807, 2.05) is 27.7 Å². The van der Waals surface area contributed by atoms with Crippen molar-refractivity contribution in [3.8, 4) is 0 Å². The second-order valence-electron chi connectivity index (χ2n) is 21.7. The summed E-state index contributed by atoms with van der Waals surface area (Å²) < 4.78 is 69.7. The number of fused-ring (bicyclic) bond motifs is 5. The van der Waals surface area contributed by atoms with Crippen LogP contribution in [0.15, 0.2) is 24.3 Å². The molecule has 3 aliphatic carbocycles. The molecule has 2 bridgehead atoms. The van der Waals surface area contributed by atoms with E-state index in [0.717, 1.165) is 5.92 Å². The van der Waals surface area contributed by atoms with Gasteiger partial charge in [-0.05, 0) is 108 Å². The molecule has 4 unspecified atom stereocenters. The lowest BCUT2D eigenvalue weighted by Crippen LogP contribution is -2.44. The molecule has 1 aromatic carbocycles. The predicted octanol–water partition coefficient (Wildman–Crippen LogP) is 23.9. The zero-order chi connectivity index (χ0) is 46.3. The molecule has 63 heavy (non-hydrogen) atoms. The maximum atomic E-state index is 11.6. The largest absolute Gasteiger partial charge is 0.402 e. The average molecular weight is 926 g/mol. The van der Waals surface area contributed by atoms with Crippen LogP contribution in [0.3, 0.4) is 0 Å². The molecule has 0 nitrogen and oxygen atoms in total. The molecule has 3 fully saturated rings. The second kappa shape index (κ2) is 41.0. The number of benzene rings is 1. The fourth-order valence-corrected chi connectivity index (χ4v) is 5.63. The third-order valence-electron chi connectivity index (χ3n) is 8.36. The summed E-state index contributed by atoms with van der Waals surface area (Å²) in [6.07, 6.45) is 0.295. The molecule has 0 saturated heterocycles. The Kier molecular flexibility index (Phi) is 60.0. The predicted molar refractivity (Wildman–Crippen MR) is 288 cm³/mol. The number of hydrogen-bond donors (Lipinski definition) is 0. The summed E-state index contributed by atoms with van der Waals surface area (Å²) in [5.74, 6) is 5.63. The molecule has 396 valence electrons. The Morgan fingerprint density at radius 3 is 0.841 bits per heavy atom. The van der Waals surface area contributed by atoms with Crippen molar-refractivity contribution in [2.24, 2.45) is 45.8 Å². The molecule has 0 aromatic heterocycles. The van der Waals surface area contributed by atoms with Crippen molar-refractivity contribution in [1.82, 2.24) is 0 Å². The van der Waals surface area contributed by atoms with Gasteiger partial charge in [-0.3, -0.25) is 0 Å². The first kappa shape index (κ1) is 92.1. The van der Waals surface area contributed by atoms with Crippen molar-refractivity contribution in [3.05, 3.63) is 35.4 Å². The lowest BCUT2D eigenvalue weighted by Gasteiger charge is -2.29. The Hall–Kier alpha value is -1.20. The van der Waals surface area contributed by atoms with Crippen LogP contribution in [0.1, 0.15) is 281 Å². The number of halogens is 6. The van der Waals surface area contributed by atoms with Gasteiger partial charge >= 0.3 is 12.4 Å². The van der Waals surface area contributed by atoms with Gasteiger partial charge in [0.05, 0.1) is 0 Å². The molecule has 0 amide bonds. The molecule has 0 heterocycles. The highest BCUT2D eigenvalue weighted by Crippen LogP contribution is 2.58. The normalized spacial score (nSPS) is 17.7. The highest BCUT2D eigenvalue weighted by Gasteiger charge is 2.64. The molecule has 3 aliphatic rings. The van der Waals surface area contributed by atoms with Gasteiger partial charge in [0.25, 0.3) is 0 Å². The summed E-state index contributed by atoms with van der Waals surface area (Å²) in [6, 6.07) is 8.94. The van der Waals surface area contributed by atoms with E-state index in [2.05, 4.69) is 156 Å². The summed E-state index contributed by atoms with van der Waals surface area (Å²) in [4.78, 5) is 0. The highest BCUT2D eigenvalue weighted by molar-refractivity contribution is 5.32. The van der Waals surface area contributed by atoms with Crippen LogP contribution in [0, 0.1) is 45.8 Å². The zero-order valence-corrected chi connectivity index (χ0v) is 41.9. The standard InChI is InChI=1S/C14H22.C10H16.C5H6F6.2C5H12.C4H10.C3H8.2C2H6.7CH4/c1-13(2,3)11-8-7-9-12(10-11)14(4,5)6;1-2-9-7-4-5-8(6-7)10(9)3-1;1-3(2,4(6,7)8)5(9,10)11;2*1-5(2,3)4;1-4(2)3;1-3-2;2*1-2;;;;;;;/h7-10H,1-6H3;7-10H,1-6H2;1-2H3;2*1-4H3;4H,1-3H3;3H2,1-2H3;2*1-2H3;7*1H4. The van der Waals surface area contributed by atoms with Crippen LogP contribution in [0.2, 0.25) is 0 Å². The molecule has 3 saturated carbocycles. The van der Waals surface area contributed by atoms with Crippen molar-refractivity contribution >= 4 is 0 Å². The van der Waals surface area contributed by atoms with Crippen LogP contribution in [-0.2, 0) is 10.8 Å². The maximum absolute atomic E-state index is 11.6. The number of rotatable bonds is 0. The first-order valence-corrected chi connectivity index (χ1v) is 22.1. The van der Waals surface area contributed by atoms with Gasteiger partial charge in [0.2, 0.25) is 0 Å². The lowest BCUT2D eigenvalue weighted by atomic mass is 9.81. The van der Waals surface area contributed by atoms with Crippen LogP contribution in [-0.4, -0.2) is 12.4 Å². The molecule has 4 rings (SSSR count). The van der Waals surface area contributed by atoms with Gasteiger partial charge in [-0.1, -0.05) is 248 Å². The Bertz CT molecular complexity index is 963. The summed E-state index contributed by atoms with van der Waals surface area (Å²) in [5.41, 5.74) is 0.720. The van der Waals surface area contributed by atoms with Crippen LogP contribution in [0.5, 0.6) is 0 Å². The van der Waals surface area contributed by atoms with Gasteiger partial charge in [0.1, 0.15) is 0 Å². The Balaban J connectivity index is -0.0000000489. The maximum Gasteiger partial charge on any atom is 0.402 e. The molecule has 6 heteroatoms. The molecule has 0 N–H and O–H groups in total. The molecule has 4 atom stereocenters. The zero-order valence-electron chi connectivity index (χ0n) is 41.9. The van der Waals surface area contributed by atoms with E-state index in [9.17, 15) is 26.3 Å². The SMILES string of the molecule is C.C.C.C.C.C.C.C1CC2C3CCC(C3)C2C1.CC.CC.CC(C)(C(F)(F)F)C(F)(F)F.CC(C)(C)C.CC(C)(C)C.CC(C)(C)c1cccc(C(C)(C)C)c1.CC(C)C.CCC. The fraction of sp³-hybridized carbons (Fsp3) is 0.895. The van der Waals surface area contributed by atoms with Crippen LogP contribution >= 0.6 is 0 Å². The first-order valence-electron chi connectivity index (χ1n) is 22.1. The molecule has 0 radical (unpaired) electrons. The van der Waals surface area contributed by atoms with Crippen molar-refractivity contribution in [2.75, 3.05) is 0 Å². The molecular weight excluding hydrogens is 799 g/mol. The third kappa shape index (κ3) is 48.6. The highest BCUT2D eigenvalue weighted by atomic mass is 19.4. The molecular formula is C57H126F6.